The number of pyridine rings is 1. The molecule has 1 aromatic carbocycles. The predicted molar refractivity (Wildman–Crippen MR) is 161 cm³/mol. The first kappa shape index (κ1) is 26.3. The van der Waals surface area contributed by atoms with Crippen molar-refractivity contribution >= 4 is 69.0 Å². The highest BCUT2D eigenvalue weighted by molar-refractivity contribution is 8.26. The van der Waals surface area contributed by atoms with E-state index in [2.05, 4.69) is 15.9 Å². The third-order valence-corrected chi connectivity index (χ3v) is 8.99. The Balaban J connectivity index is 1.35. The predicted octanol–water partition coefficient (Wildman–Crippen LogP) is 4.36. The van der Waals surface area contributed by atoms with Crippen LogP contribution in [-0.2, 0) is 9.53 Å². The number of hydrogen-bond acceptors (Lipinski definition) is 8. The molecule has 8 nitrogen and oxygen atoms in total. The molecule has 3 aliphatic rings. The summed E-state index contributed by atoms with van der Waals surface area (Å²) in [5.41, 5.74) is 2.77. The van der Waals surface area contributed by atoms with Crippen LogP contribution in [0.3, 0.4) is 0 Å². The molecule has 2 aromatic heterocycles. The molecule has 11 heteroatoms. The van der Waals surface area contributed by atoms with Crippen molar-refractivity contribution < 1.29 is 9.53 Å². The first-order chi connectivity index (χ1) is 18.9. The van der Waals surface area contributed by atoms with Crippen molar-refractivity contribution in [2.75, 3.05) is 49.1 Å². The van der Waals surface area contributed by atoms with Gasteiger partial charge in [0.1, 0.15) is 15.8 Å². The molecule has 202 valence electrons. The fraction of sp³-hybridized carbons (Fsp3) is 0.357. The van der Waals surface area contributed by atoms with Crippen molar-refractivity contribution in [3.8, 4) is 0 Å². The maximum Gasteiger partial charge on any atom is 0.267 e. The molecule has 0 spiro atoms. The van der Waals surface area contributed by atoms with Crippen LogP contribution < -0.4 is 15.4 Å². The summed E-state index contributed by atoms with van der Waals surface area (Å²) in [4.78, 5) is 38.6. The van der Waals surface area contributed by atoms with Crippen LogP contribution >= 0.6 is 35.6 Å². The number of aromatic nitrogens is 2. The number of halogens is 1. The van der Waals surface area contributed by atoms with Gasteiger partial charge in [-0.2, -0.15) is 0 Å². The Morgan fingerprint density at radius 3 is 2.69 bits per heavy atom. The Labute approximate surface area is 241 Å². The van der Waals surface area contributed by atoms with Crippen LogP contribution in [0.25, 0.3) is 11.7 Å². The minimum atomic E-state index is -0.208. The molecule has 5 heterocycles. The number of rotatable bonds is 5. The van der Waals surface area contributed by atoms with E-state index in [-0.39, 0.29) is 17.6 Å². The van der Waals surface area contributed by atoms with E-state index in [1.165, 1.54) is 11.8 Å². The van der Waals surface area contributed by atoms with Gasteiger partial charge in [0.25, 0.3) is 11.5 Å². The summed E-state index contributed by atoms with van der Waals surface area (Å²) in [6.45, 7) is 5.93. The Bertz CT molecular complexity index is 1540. The number of thioether (sulfide) groups is 1. The van der Waals surface area contributed by atoms with Crippen molar-refractivity contribution in [3.05, 3.63) is 74.0 Å². The zero-order chi connectivity index (χ0) is 27.1. The van der Waals surface area contributed by atoms with Crippen LogP contribution in [0.1, 0.15) is 24.0 Å². The van der Waals surface area contributed by atoms with E-state index < -0.39 is 0 Å². The molecular weight excluding hydrogens is 554 g/mol. The monoisotopic (exact) mass is 581 g/mol. The summed E-state index contributed by atoms with van der Waals surface area (Å²) in [5.74, 6) is 0.399. The van der Waals surface area contributed by atoms with Crippen LogP contribution in [0, 0.1) is 6.92 Å². The number of anilines is 2. The van der Waals surface area contributed by atoms with Crippen molar-refractivity contribution in [3.63, 3.8) is 0 Å². The number of piperazine rings is 1. The molecule has 0 N–H and O–H groups in total. The molecule has 1 atom stereocenters. The third kappa shape index (κ3) is 5.18. The van der Waals surface area contributed by atoms with Gasteiger partial charge in [-0.1, -0.05) is 47.7 Å². The van der Waals surface area contributed by atoms with Crippen LogP contribution in [0.15, 0.2) is 52.3 Å². The van der Waals surface area contributed by atoms with E-state index in [4.69, 9.17) is 33.5 Å². The van der Waals surface area contributed by atoms with Crippen molar-refractivity contribution in [1.29, 1.82) is 0 Å². The number of hydrogen-bond donors (Lipinski definition) is 0. The number of thiocarbonyl (C=S) groups is 1. The molecule has 0 bridgehead atoms. The summed E-state index contributed by atoms with van der Waals surface area (Å²) in [5, 5.41) is 0.703. The highest BCUT2D eigenvalue weighted by Gasteiger charge is 2.35. The highest BCUT2D eigenvalue weighted by atomic mass is 35.5. The largest absolute Gasteiger partial charge is 0.376 e. The average molecular weight is 582 g/mol. The van der Waals surface area contributed by atoms with Gasteiger partial charge in [-0.25, -0.2) is 4.98 Å². The summed E-state index contributed by atoms with van der Waals surface area (Å²) in [6, 6.07) is 11.6. The lowest BCUT2D eigenvalue weighted by Gasteiger charge is -2.37. The van der Waals surface area contributed by atoms with Gasteiger partial charge in [-0.15, -0.1) is 0 Å². The molecule has 3 fully saturated rings. The van der Waals surface area contributed by atoms with Crippen LogP contribution in [0.5, 0.6) is 0 Å². The maximum atomic E-state index is 13.8. The number of aryl methyl sites for hydroxylation is 1. The molecular formula is C28H28ClN5O3S2. The molecule has 3 aliphatic heterocycles. The molecule has 1 amide bonds. The average Bonchev–Trinajstić information content (AvgIpc) is 3.55. The third-order valence-electron chi connectivity index (χ3n) is 7.38. The Morgan fingerprint density at radius 1 is 1.15 bits per heavy atom. The molecule has 0 radical (unpaired) electrons. The molecule has 3 aromatic rings. The number of nitrogens with zero attached hydrogens (tertiary/aromatic N) is 5. The van der Waals surface area contributed by atoms with Crippen LogP contribution in [0.2, 0.25) is 5.02 Å². The number of ether oxygens (including phenoxy) is 1. The van der Waals surface area contributed by atoms with Crippen molar-refractivity contribution in [2.24, 2.45) is 0 Å². The number of carbonyl (C=O) groups excluding carboxylic acids is 1. The molecule has 0 saturated carbocycles. The van der Waals surface area contributed by atoms with Gasteiger partial charge < -0.3 is 14.5 Å². The van der Waals surface area contributed by atoms with E-state index in [0.29, 0.717) is 57.5 Å². The zero-order valence-electron chi connectivity index (χ0n) is 21.5. The normalized spacial score (nSPS) is 21.1. The lowest BCUT2D eigenvalue weighted by Crippen LogP contribution is -2.47. The molecule has 1 unspecified atom stereocenters. The number of carbonyl (C=O) groups is 1. The van der Waals surface area contributed by atoms with Crippen LogP contribution in [0.4, 0.5) is 11.5 Å². The molecule has 0 aliphatic carbocycles. The number of benzene rings is 1. The standard InChI is InChI=1S/C28H28ClN5O3S2/c1-18-5-3-9-33-24(18)30-25(32-12-10-31(11-13-32)20-7-2-6-19(29)15-20)22(26(33)35)16-23-27(36)34(28(38)39-23)17-21-8-4-14-37-21/h2-3,5-7,9,15-16,21H,4,8,10-14,17H2,1H3. The lowest BCUT2D eigenvalue weighted by molar-refractivity contribution is -0.123. The smallest absolute Gasteiger partial charge is 0.267 e. The van der Waals surface area contributed by atoms with Gasteiger partial charge in [-0.3, -0.25) is 18.9 Å². The number of amides is 1. The minimum Gasteiger partial charge on any atom is -0.376 e. The summed E-state index contributed by atoms with van der Waals surface area (Å²) < 4.78 is 7.77. The van der Waals surface area contributed by atoms with Gasteiger partial charge in [0, 0.05) is 49.7 Å². The van der Waals surface area contributed by atoms with Gasteiger partial charge >= 0.3 is 0 Å². The van der Waals surface area contributed by atoms with Gasteiger partial charge in [0.05, 0.1) is 23.1 Å². The lowest BCUT2D eigenvalue weighted by atomic mass is 10.2. The van der Waals surface area contributed by atoms with E-state index in [1.54, 1.807) is 21.6 Å². The minimum absolute atomic E-state index is 0.00543. The first-order valence-electron chi connectivity index (χ1n) is 13.0. The first-order valence-corrected chi connectivity index (χ1v) is 14.6. The quantitative estimate of drug-likeness (QED) is 0.325. The van der Waals surface area contributed by atoms with Gasteiger partial charge in [0.15, 0.2) is 0 Å². The summed E-state index contributed by atoms with van der Waals surface area (Å²) >= 11 is 13.0. The van der Waals surface area contributed by atoms with Gasteiger partial charge in [0.2, 0.25) is 0 Å². The Morgan fingerprint density at radius 2 is 1.95 bits per heavy atom. The van der Waals surface area contributed by atoms with Crippen LogP contribution in [-0.4, -0.2) is 69.9 Å². The maximum absolute atomic E-state index is 13.8. The summed E-state index contributed by atoms with van der Waals surface area (Å²) in [6.07, 6.45) is 5.30. The SMILES string of the molecule is Cc1cccn2c(=O)c(C=C3SC(=S)N(CC4CCCO4)C3=O)c(N3CCN(c4cccc(Cl)c4)CC3)nc12. The topological polar surface area (TPSA) is 70.4 Å². The highest BCUT2D eigenvalue weighted by Crippen LogP contribution is 2.35. The van der Waals surface area contributed by atoms with E-state index in [0.717, 1.165) is 37.2 Å². The molecule has 6 rings (SSSR count). The van der Waals surface area contributed by atoms with E-state index >= 15 is 0 Å². The number of fused-ring (bicyclic) bond motifs is 1. The molecule has 39 heavy (non-hydrogen) atoms. The zero-order valence-corrected chi connectivity index (χ0v) is 23.9. The summed E-state index contributed by atoms with van der Waals surface area (Å²) in [7, 11) is 0. The Hall–Kier alpha value is -2.92. The second-order valence-corrected chi connectivity index (χ2v) is 12.0. The second-order valence-electron chi connectivity index (χ2n) is 9.92. The molecule has 3 saturated heterocycles. The van der Waals surface area contributed by atoms with Crippen molar-refractivity contribution in [1.82, 2.24) is 14.3 Å². The van der Waals surface area contributed by atoms with E-state index in [9.17, 15) is 9.59 Å². The van der Waals surface area contributed by atoms with Crippen molar-refractivity contribution in [2.45, 2.75) is 25.9 Å². The van der Waals surface area contributed by atoms with E-state index in [1.807, 2.05) is 37.3 Å². The second kappa shape index (κ2) is 10.9. The fourth-order valence-electron chi connectivity index (χ4n) is 5.30. The Kier molecular flexibility index (Phi) is 7.37. The van der Waals surface area contributed by atoms with Gasteiger partial charge in [-0.05, 0) is 55.7 Å². The fourth-order valence-corrected chi connectivity index (χ4v) is 6.74.